The lowest BCUT2D eigenvalue weighted by molar-refractivity contribution is -0.131. The predicted molar refractivity (Wildman–Crippen MR) is 65.7 cm³/mol. The van der Waals surface area contributed by atoms with Crippen LogP contribution in [-0.2, 0) is 19.6 Å². The quantitative estimate of drug-likeness (QED) is 0.589. The molecular weight excluding hydrogens is 258 g/mol. The van der Waals surface area contributed by atoms with Crippen LogP contribution in [0.3, 0.4) is 0 Å². The fraction of sp³-hybridized carbons (Fsp3) is 0.800. The topological polar surface area (TPSA) is 104 Å². The summed E-state index contributed by atoms with van der Waals surface area (Å²) in [7, 11) is -3.40. The summed E-state index contributed by atoms with van der Waals surface area (Å²) in [6, 6.07) is 0. The van der Waals surface area contributed by atoms with Crippen LogP contribution in [0, 0.1) is 5.92 Å². The van der Waals surface area contributed by atoms with Gasteiger partial charge in [0.2, 0.25) is 15.9 Å². The Hall–Kier alpha value is -1.15. The van der Waals surface area contributed by atoms with E-state index in [1.807, 2.05) is 4.72 Å². The average molecular weight is 277 g/mol. The lowest BCUT2D eigenvalue weighted by Gasteiger charge is -2.20. The third-order valence-corrected chi connectivity index (χ3v) is 3.46. The maximum Gasteiger partial charge on any atom is 0.253 e. The molecule has 1 aliphatic carbocycles. The zero-order chi connectivity index (χ0) is 13.6. The van der Waals surface area contributed by atoms with E-state index in [1.165, 1.54) is 0 Å². The van der Waals surface area contributed by atoms with Gasteiger partial charge in [0.05, 0.1) is 12.8 Å². The Labute approximate surface area is 107 Å². The molecule has 7 nitrogen and oxygen atoms in total. The summed E-state index contributed by atoms with van der Waals surface area (Å²) in [6.45, 7) is -0.385. The molecule has 0 aliphatic heterocycles. The van der Waals surface area contributed by atoms with Crippen molar-refractivity contribution in [1.82, 2.24) is 15.6 Å². The Morgan fingerprint density at radius 1 is 1.11 bits per heavy atom. The standard InChI is InChI=1S/C10H19N3O4S/c1-18(16,17)11-7-9(14)12-13-10(15)8-5-3-2-4-6-8/h8,11H,2-7H2,1H3,(H,12,14)(H,13,15). The van der Waals surface area contributed by atoms with Crippen molar-refractivity contribution in [2.24, 2.45) is 5.92 Å². The molecule has 0 saturated heterocycles. The molecule has 1 fully saturated rings. The number of carbonyl (C=O) groups excluding carboxylic acids is 2. The highest BCUT2D eigenvalue weighted by molar-refractivity contribution is 7.88. The third kappa shape index (κ3) is 5.97. The van der Waals surface area contributed by atoms with E-state index in [9.17, 15) is 18.0 Å². The Morgan fingerprint density at radius 3 is 2.28 bits per heavy atom. The van der Waals surface area contributed by atoms with Gasteiger partial charge < -0.3 is 0 Å². The predicted octanol–water partition coefficient (Wildman–Crippen LogP) is -0.737. The molecule has 0 bridgehead atoms. The van der Waals surface area contributed by atoms with Crippen LogP contribution in [-0.4, -0.2) is 33.0 Å². The maximum absolute atomic E-state index is 11.6. The number of amides is 2. The van der Waals surface area contributed by atoms with Crippen molar-refractivity contribution in [2.75, 3.05) is 12.8 Å². The zero-order valence-corrected chi connectivity index (χ0v) is 11.2. The van der Waals surface area contributed by atoms with Crippen LogP contribution >= 0.6 is 0 Å². The molecule has 0 spiro atoms. The van der Waals surface area contributed by atoms with Gasteiger partial charge in [-0.3, -0.25) is 20.4 Å². The Bertz CT molecular complexity index is 401. The van der Waals surface area contributed by atoms with Gasteiger partial charge >= 0.3 is 0 Å². The van der Waals surface area contributed by atoms with Crippen molar-refractivity contribution in [3.8, 4) is 0 Å². The van der Waals surface area contributed by atoms with E-state index in [-0.39, 0.29) is 18.4 Å². The first-order valence-corrected chi connectivity index (χ1v) is 7.81. The summed E-state index contributed by atoms with van der Waals surface area (Å²) < 4.78 is 23.5. The van der Waals surface area contributed by atoms with Gasteiger partial charge in [-0.1, -0.05) is 19.3 Å². The SMILES string of the molecule is CS(=O)(=O)NCC(=O)NNC(=O)C1CCCCC1. The monoisotopic (exact) mass is 277 g/mol. The van der Waals surface area contributed by atoms with Crippen molar-refractivity contribution >= 4 is 21.8 Å². The van der Waals surface area contributed by atoms with Crippen LogP contribution in [0.1, 0.15) is 32.1 Å². The largest absolute Gasteiger partial charge is 0.273 e. The third-order valence-electron chi connectivity index (χ3n) is 2.80. The highest BCUT2D eigenvalue weighted by Crippen LogP contribution is 2.23. The number of hydrazine groups is 1. The second-order valence-electron chi connectivity index (χ2n) is 4.47. The van der Waals surface area contributed by atoms with E-state index < -0.39 is 15.9 Å². The zero-order valence-electron chi connectivity index (χ0n) is 10.4. The van der Waals surface area contributed by atoms with Gasteiger partial charge in [0.25, 0.3) is 5.91 Å². The first-order chi connectivity index (χ1) is 8.38. The van der Waals surface area contributed by atoms with Crippen molar-refractivity contribution in [2.45, 2.75) is 32.1 Å². The van der Waals surface area contributed by atoms with Crippen LogP contribution in [0.2, 0.25) is 0 Å². The highest BCUT2D eigenvalue weighted by Gasteiger charge is 2.21. The molecule has 0 aromatic heterocycles. The van der Waals surface area contributed by atoms with Crippen molar-refractivity contribution in [3.05, 3.63) is 0 Å². The molecule has 0 aromatic carbocycles. The molecule has 104 valence electrons. The first-order valence-electron chi connectivity index (χ1n) is 5.92. The van der Waals surface area contributed by atoms with Gasteiger partial charge in [-0.15, -0.1) is 0 Å². The van der Waals surface area contributed by atoms with Gasteiger partial charge in [-0.25, -0.2) is 13.1 Å². The van der Waals surface area contributed by atoms with Crippen LogP contribution < -0.4 is 15.6 Å². The Balaban J connectivity index is 2.23. The number of nitrogens with one attached hydrogen (secondary N) is 3. The lowest BCUT2D eigenvalue weighted by Crippen LogP contribution is -2.48. The van der Waals surface area contributed by atoms with Crippen molar-refractivity contribution < 1.29 is 18.0 Å². The fourth-order valence-electron chi connectivity index (χ4n) is 1.84. The average Bonchev–Trinajstić information content (AvgIpc) is 2.33. The molecule has 0 radical (unpaired) electrons. The van der Waals surface area contributed by atoms with Gasteiger partial charge in [0.15, 0.2) is 0 Å². The summed E-state index contributed by atoms with van der Waals surface area (Å²) in [6.07, 6.45) is 5.84. The van der Waals surface area contributed by atoms with E-state index in [0.29, 0.717) is 0 Å². The molecular formula is C10H19N3O4S. The normalized spacial score (nSPS) is 17.2. The van der Waals surface area contributed by atoms with Gasteiger partial charge in [-0.05, 0) is 12.8 Å². The summed E-state index contributed by atoms with van der Waals surface area (Å²) in [5.41, 5.74) is 4.50. The molecule has 3 N–H and O–H groups in total. The summed E-state index contributed by atoms with van der Waals surface area (Å²) in [5.74, 6) is -0.853. The van der Waals surface area contributed by atoms with Gasteiger partial charge in [0.1, 0.15) is 0 Å². The fourth-order valence-corrected chi connectivity index (χ4v) is 2.23. The molecule has 2 amide bonds. The van der Waals surface area contributed by atoms with Crippen LogP contribution in [0.5, 0.6) is 0 Å². The molecule has 0 atom stereocenters. The Morgan fingerprint density at radius 2 is 1.72 bits per heavy atom. The van der Waals surface area contributed by atoms with Crippen molar-refractivity contribution in [1.29, 1.82) is 0 Å². The van der Waals surface area contributed by atoms with Gasteiger partial charge in [-0.2, -0.15) is 0 Å². The molecule has 0 heterocycles. The van der Waals surface area contributed by atoms with Crippen LogP contribution in [0.4, 0.5) is 0 Å². The molecule has 8 heteroatoms. The lowest BCUT2D eigenvalue weighted by atomic mass is 9.89. The van der Waals surface area contributed by atoms with Crippen LogP contribution in [0.15, 0.2) is 0 Å². The van der Waals surface area contributed by atoms with E-state index in [0.717, 1.165) is 38.4 Å². The van der Waals surface area contributed by atoms with E-state index in [4.69, 9.17) is 0 Å². The van der Waals surface area contributed by atoms with E-state index in [1.54, 1.807) is 0 Å². The number of hydrogen-bond acceptors (Lipinski definition) is 4. The minimum Gasteiger partial charge on any atom is -0.273 e. The van der Waals surface area contributed by atoms with E-state index >= 15 is 0 Å². The first kappa shape index (κ1) is 14.9. The summed E-state index contributed by atoms with van der Waals surface area (Å²) in [5, 5.41) is 0. The molecule has 0 unspecified atom stereocenters. The summed E-state index contributed by atoms with van der Waals surface area (Å²) >= 11 is 0. The minimum atomic E-state index is -3.40. The number of rotatable bonds is 4. The van der Waals surface area contributed by atoms with Crippen LogP contribution in [0.25, 0.3) is 0 Å². The second-order valence-corrected chi connectivity index (χ2v) is 6.30. The molecule has 1 saturated carbocycles. The maximum atomic E-state index is 11.6. The smallest absolute Gasteiger partial charge is 0.253 e. The molecule has 0 aromatic rings. The molecule has 1 aliphatic rings. The highest BCUT2D eigenvalue weighted by atomic mass is 32.2. The molecule has 1 rings (SSSR count). The minimum absolute atomic E-state index is 0.0538. The number of sulfonamides is 1. The number of carbonyl (C=O) groups is 2. The van der Waals surface area contributed by atoms with E-state index in [2.05, 4.69) is 10.9 Å². The molecule has 18 heavy (non-hydrogen) atoms. The Kier molecular flexibility index (Phi) is 5.54. The summed E-state index contributed by atoms with van der Waals surface area (Å²) in [4.78, 5) is 22.9. The number of hydrogen-bond donors (Lipinski definition) is 3. The van der Waals surface area contributed by atoms with Crippen molar-refractivity contribution in [3.63, 3.8) is 0 Å². The second kappa shape index (κ2) is 6.69. The van der Waals surface area contributed by atoms with Gasteiger partial charge in [0, 0.05) is 5.92 Å².